The molecule has 30 heavy (non-hydrogen) atoms. The van der Waals surface area contributed by atoms with E-state index in [9.17, 15) is 0 Å². The number of ether oxygens (including phenoxy) is 1. The van der Waals surface area contributed by atoms with Crippen molar-refractivity contribution in [3.8, 4) is 11.4 Å². The molecule has 4 aromatic rings. The average molecular weight is 400 g/mol. The smallest absolute Gasteiger partial charge is 0.170 e. The zero-order chi connectivity index (χ0) is 20.5. The van der Waals surface area contributed by atoms with E-state index in [1.54, 1.807) is 13.4 Å². The first-order valence-electron chi connectivity index (χ1n) is 10.1. The number of hydrogen-bond donors (Lipinski definition) is 0. The topological polar surface area (TPSA) is 59.3 Å². The summed E-state index contributed by atoms with van der Waals surface area (Å²) in [5, 5.41) is 0. The maximum absolute atomic E-state index is 5.26. The number of fused-ring (bicyclic) bond motifs is 1. The van der Waals surface area contributed by atoms with Crippen molar-refractivity contribution in [2.45, 2.75) is 6.92 Å². The van der Waals surface area contributed by atoms with Crippen molar-refractivity contribution in [1.29, 1.82) is 0 Å². The number of anilines is 2. The standard InChI is InChI=1S/C23H24N6O/c1-17-4-3-5-19(14-17)29-16-26-21-22(24-15-25-23(21)29)28-12-10-27(11-13-28)18-6-8-20(30-2)9-7-18/h3-9,14-16H,10-13H2,1-2H3. The summed E-state index contributed by atoms with van der Waals surface area (Å²) in [5.41, 5.74) is 5.16. The number of aryl methyl sites for hydroxylation is 1. The Balaban J connectivity index is 1.38. The van der Waals surface area contributed by atoms with Gasteiger partial charge >= 0.3 is 0 Å². The third-order valence-corrected chi connectivity index (χ3v) is 5.61. The lowest BCUT2D eigenvalue weighted by atomic mass is 10.2. The molecule has 152 valence electrons. The average Bonchev–Trinajstić information content (AvgIpc) is 3.24. The Kier molecular flexibility index (Phi) is 4.71. The van der Waals surface area contributed by atoms with Gasteiger partial charge in [-0.05, 0) is 48.9 Å². The highest BCUT2D eigenvalue weighted by molar-refractivity contribution is 5.84. The van der Waals surface area contributed by atoms with Crippen molar-refractivity contribution in [3.05, 3.63) is 66.7 Å². The maximum Gasteiger partial charge on any atom is 0.170 e. The van der Waals surface area contributed by atoms with Gasteiger partial charge in [-0.15, -0.1) is 0 Å². The predicted molar refractivity (Wildman–Crippen MR) is 119 cm³/mol. The number of hydrogen-bond acceptors (Lipinski definition) is 6. The van der Waals surface area contributed by atoms with Gasteiger partial charge in [0.15, 0.2) is 17.0 Å². The van der Waals surface area contributed by atoms with Gasteiger partial charge in [0.25, 0.3) is 0 Å². The van der Waals surface area contributed by atoms with Gasteiger partial charge in [0.05, 0.1) is 7.11 Å². The number of nitrogens with zero attached hydrogens (tertiary/aromatic N) is 6. The molecule has 0 radical (unpaired) electrons. The molecule has 0 unspecified atom stereocenters. The minimum absolute atomic E-state index is 0.836. The van der Waals surface area contributed by atoms with E-state index in [0.717, 1.165) is 54.6 Å². The first-order chi connectivity index (χ1) is 14.7. The van der Waals surface area contributed by atoms with E-state index in [2.05, 4.69) is 68.1 Å². The second kappa shape index (κ2) is 7.67. The van der Waals surface area contributed by atoms with E-state index >= 15 is 0 Å². The molecule has 1 aliphatic rings. The largest absolute Gasteiger partial charge is 0.497 e. The van der Waals surface area contributed by atoms with Crippen molar-refractivity contribution in [2.75, 3.05) is 43.1 Å². The molecule has 5 rings (SSSR count). The summed E-state index contributed by atoms with van der Waals surface area (Å²) in [7, 11) is 1.69. The first kappa shape index (κ1) is 18.4. The number of imidazole rings is 1. The van der Waals surface area contributed by atoms with Gasteiger partial charge < -0.3 is 14.5 Å². The van der Waals surface area contributed by atoms with E-state index in [1.807, 2.05) is 23.0 Å². The highest BCUT2D eigenvalue weighted by Crippen LogP contribution is 2.26. The van der Waals surface area contributed by atoms with E-state index in [0.29, 0.717) is 0 Å². The Labute approximate surface area is 175 Å². The second-order valence-corrected chi connectivity index (χ2v) is 7.50. The molecular weight excluding hydrogens is 376 g/mol. The number of benzene rings is 2. The lowest BCUT2D eigenvalue weighted by molar-refractivity contribution is 0.415. The van der Waals surface area contributed by atoms with Crippen molar-refractivity contribution >= 4 is 22.7 Å². The molecule has 0 saturated carbocycles. The Bertz CT molecular complexity index is 1160. The van der Waals surface area contributed by atoms with Crippen LogP contribution >= 0.6 is 0 Å². The first-order valence-corrected chi connectivity index (χ1v) is 10.1. The highest BCUT2D eigenvalue weighted by atomic mass is 16.5. The summed E-state index contributed by atoms with van der Waals surface area (Å²) in [6.07, 6.45) is 3.48. The molecule has 0 bridgehead atoms. The maximum atomic E-state index is 5.26. The van der Waals surface area contributed by atoms with Crippen molar-refractivity contribution in [3.63, 3.8) is 0 Å². The lowest BCUT2D eigenvalue weighted by Crippen LogP contribution is -2.46. The third kappa shape index (κ3) is 3.32. The fourth-order valence-electron chi connectivity index (χ4n) is 3.99. The second-order valence-electron chi connectivity index (χ2n) is 7.50. The van der Waals surface area contributed by atoms with Crippen LogP contribution in [0.2, 0.25) is 0 Å². The van der Waals surface area contributed by atoms with Crippen LogP contribution in [-0.2, 0) is 0 Å². The minimum atomic E-state index is 0.836. The fourth-order valence-corrected chi connectivity index (χ4v) is 3.99. The van der Waals surface area contributed by atoms with Gasteiger partial charge in [-0.3, -0.25) is 4.57 Å². The number of rotatable bonds is 4. The molecule has 7 heteroatoms. The summed E-state index contributed by atoms with van der Waals surface area (Å²) in [6, 6.07) is 16.6. The van der Waals surface area contributed by atoms with Crippen molar-refractivity contribution < 1.29 is 4.74 Å². The van der Waals surface area contributed by atoms with Gasteiger partial charge in [0.1, 0.15) is 18.4 Å². The zero-order valence-corrected chi connectivity index (χ0v) is 17.2. The zero-order valence-electron chi connectivity index (χ0n) is 17.2. The summed E-state index contributed by atoms with van der Waals surface area (Å²) in [5.74, 6) is 1.78. The molecule has 0 N–H and O–H groups in total. The quantitative estimate of drug-likeness (QED) is 0.523. The minimum Gasteiger partial charge on any atom is -0.497 e. The fraction of sp³-hybridized carbons (Fsp3) is 0.261. The molecule has 1 fully saturated rings. The number of methoxy groups -OCH3 is 1. The monoisotopic (exact) mass is 400 g/mol. The third-order valence-electron chi connectivity index (χ3n) is 5.61. The molecule has 0 atom stereocenters. The summed E-state index contributed by atoms with van der Waals surface area (Å²) in [4.78, 5) is 18.5. The molecule has 2 aromatic carbocycles. The Morgan fingerprint density at radius 1 is 0.833 bits per heavy atom. The van der Waals surface area contributed by atoms with Crippen molar-refractivity contribution in [1.82, 2.24) is 19.5 Å². The van der Waals surface area contributed by atoms with Crippen LogP contribution in [0.3, 0.4) is 0 Å². The van der Waals surface area contributed by atoms with Crippen LogP contribution in [0.15, 0.2) is 61.2 Å². The number of aromatic nitrogens is 4. The summed E-state index contributed by atoms with van der Waals surface area (Å²) in [6.45, 7) is 5.71. The van der Waals surface area contributed by atoms with Gasteiger partial charge in [0, 0.05) is 37.6 Å². The Morgan fingerprint density at radius 2 is 1.60 bits per heavy atom. The van der Waals surface area contributed by atoms with Crippen LogP contribution < -0.4 is 14.5 Å². The van der Waals surface area contributed by atoms with E-state index in [4.69, 9.17) is 4.74 Å². The molecule has 0 aliphatic carbocycles. The molecule has 7 nitrogen and oxygen atoms in total. The Morgan fingerprint density at radius 3 is 2.33 bits per heavy atom. The molecular formula is C23H24N6O. The van der Waals surface area contributed by atoms with Crippen LogP contribution in [0.1, 0.15) is 5.56 Å². The van der Waals surface area contributed by atoms with Gasteiger partial charge in [-0.25, -0.2) is 15.0 Å². The van der Waals surface area contributed by atoms with Crippen LogP contribution in [0.25, 0.3) is 16.9 Å². The molecule has 0 amide bonds. The van der Waals surface area contributed by atoms with Gasteiger partial charge in [-0.1, -0.05) is 12.1 Å². The molecule has 3 heterocycles. The van der Waals surface area contributed by atoms with E-state index < -0.39 is 0 Å². The highest BCUT2D eigenvalue weighted by Gasteiger charge is 2.22. The van der Waals surface area contributed by atoms with E-state index in [-0.39, 0.29) is 0 Å². The van der Waals surface area contributed by atoms with E-state index in [1.165, 1.54) is 11.3 Å². The van der Waals surface area contributed by atoms with Crippen LogP contribution in [0.5, 0.6) is 5.75 Å². The summed E-state index contributed by atoms with van der Waals surface area (Å²) >= 11 is 0. The number of piperazine rings is 1. The molecule has 1 saturated heterocycles. The molecule has 2 aromatic heterocycles. The SMILES string of the molecule is COc1ccc(N2CCN(c3ncnc4c3ncn4-c3cccc(C)c3)CC2)cc1. The van der Waals surface area contributed by atoms with Gasteiger partial charge in [-0.2, -0.15) is 0 Å². The van der Waals surface area contributed by atoms with Gasteiger partial charge in [0.2, 0.25) is 0 Å². The molecule has 0 spiro atoms. The molecule has 1 aliphatic heterocycles. The Hall–Kier alpha value is -3.61. The van der Waals surface area contributed by atoms with Crippen LogP contribution in [0, 0.1) is 6.92 Å². The summed E-state index contributed by atoms with van der Waals surface area (Å²) < 4.78 is 7.29. The van der Waals surface area contributed by atoms with Crippen LogP contribution in [-0.4, -0.2) is 52.8 Å². The van der Waals surface area contributed by atoms with Crippen LogP contribution in [0.4, 0.5) is 11.5 Å². The lowest BCUT2D eigenvalue weighted by Gasteiger charge is -2.36. The normalized spacial score (nSPS) is 14.3. The van der Waals surface area contributed by atoms with Crippen molar-refractivity contribution in [2.24, 2.45) is 0 Å². The predicted octanol–water partition coefficient (Wildman–Crippen LogP) is 3.46.